The molecule has 19 heavy (non-hydrogen) atoms. The number of rotatable bonds is 4. The first kappa shape index (κ1) is 13.1. The van der Waals surface area contributed by atoms with Crippen LogP contribution in [0, 0.1) is 6.92 Å². The molecule has 0 bridgehead atoms. The summed E-state index contributed by atoms with van der Waals surface area (Å²) in [6, 6.07) is 15.5. The molecule has 0 atom stereocenters. The van der Waals surface area contributed by atoms with Crippen molar-refractivity contribution in [1.29, 1.82) is 0 Å². The van der Waals surface area contributed by atoms with Crippen molar-refractivity contribution in [2.45, 2.75) is 6.92 Å². The number of aldehydes is 1. The van der Waals surface area contributed by atoms with E-state index >= 15 is 0 Å². The summed E-state index contributed by atoms with van der Waals surface area (Å²) in [6.07, 6.45) is 2.79. The van der Waals surface area contributed by atoms with Crippen LogP contribution in [-0.4, -0.2) is 13.4 Å². The standard InChI is InChI=1S/C17H16O2/c1-13-5-3-4-6-15(13)11-16(12-18)14-7-9-17(19-2)10-8-14/h3-12H,1-2H3/b16-11+. The van der Waals surface area contributed by atoms with E-state index in [1.54, 1.807) is 7.11 Å². The van der Waals surface area contributed by atoms with E-state index in [1.807, 2.05) is 61.5 Å². The van der Waals surface area contributed by atoms with Crippen LogP contribution in [0.5, 0.6) is 5.75 Å². The Balaban J connectivity index is 2.39. The van der Waals surface area contributed by atoms with Crippen LogP contribution in [-0.2, 0) is 4.79 Å². The number of allylic oxidation sites excluding steroid dienone is 1. The molecule has 0 fully saturated rings. The third-order valence-electron chi connectivity index (χ3n) is 3.05. The Morgan fingerprint density at radius 2 is 1.74 bits per heavy atom. The Morgan fingerprint density at radius 3 is 2.32 bits per heavy atom. The van der Waals surface area contributed by atoms with Crippen molar-refractivity contribution in [1.82, 2.24) is 0 Å². The smallest absolute Gasteiger partial charge is 0.150 e. The molecular weight excluding hydrogens is 236 g/mol. The lowest BCUT2D eigenvalue weighted by Gasteiger charge is -2.05. The zero-order valence-electron chi connectivity index (χ0n) is 11.1. The molecule has 0 heterocycles. The highest BCUT2D eigenvalue weighted by Gasteiger charge is 2.02. The van der Waals surface area contributed by atoms with Crippen molar-refractivity contribution in [2.24, 2.45) is 0 Å². The van der Waals surface area contributed by atoms with Crippen LogP contribution >= 0.6 is 0 Å². The highest BCUT2D eigenvalue weighted by atomic mass is 16.5. The molecule has 2 aromatic rings. The van der Waals surface area contributed by atoms with Gasteiger partial charge in [-0.1, -0.05) is 36.4 Å². The third kappa shape index (κ3) is 3.10. The molecule has 0 aliphatic heterocycles. The first-order valence-corrected chi connectivity index (χ1v) is 6.11. The van der Waals surface area contributed by atoms with Crippen molar-refractivity contribution in [2.75, 3.05) is 7.11 Å². The Hall–Kier alpha value is -2.35. The second-order valence-electron chi connectivity index (χ2n) is 4.30. The zero-order valence-corrected chi connectivity index (χ0v) is 11.1. The number of carbonyl (C=O) groups excluding carboxylic acids is 1. The largest absolute Gasteiger partial charge is 0.497 e. The molecule has 0 saturated carbocycles. The summed E-state index contributed by atoms with van der Waals surface area (Å²) in [5, 5.41) is 0. The van der Waals surface area contributed by atoms with E-state index in [-0.39, 0.29) is 0 Å². The third-order valence-corrected chi connectivity index (χ3v) is 3.05. The van der Waals surface area contributed by atoms with Crippen LogP contribution in [0.2, 0.25) is 0 Å². The van der Waals surface area contributed by atoms with Gasteiger partial charge in [0, 0.05) is 5.57 Å². The first-order valence-electron chi connectivity index (χ1n) is 6.11. The molecule has 0 radical (unpaired) electrons. The first-order chi connectivity index (χ1) is 9.24. The Morgan fingerprint density at radius 1 is 1.05 bits per heavy atom. The van der Waals surface area contributed by atoms with E-state index in [0.29, 0.717) is 5.57 Å². The van der Waals surface area contributed by atoms with Gasteiger partial charge < -0.3 is 4.74 Å². The van der Waals surface area contributed by atoms with E-state index in [1.165, 1.54) is 0 Å². The van der Waals surface area contributed by atoms with Crippen LogP contribution in [0.4, 0.5) is 0 Å². The summed E-state index contributed by atoms with van der Waals surface area (Å²) in [7, 11) is 1.62. The van der Waals surface area contributed by atoms with E-state index in [9.17, 15) is 4.79 Å². The topological polar surface area (TPSA) is 26.3 Å². The van der Waals surface area contributed by atoms with Gasteiger partial charge in [-0.3, -0.25) is 4.79 Å². The highest BCUT2D eigenvalue weighted by Crippen LogP contribution is 2.21. The average Bonchev–Trinajstić information content (AvgIpc) is 2.47. The van der Waals surface area contributed by atoms with Gasteiger partial charge in [0.05, 0.1) is 7.11 Å². The van der Waals surface area contributed by atoms with Gasteiger partial charge >= 0.3 is 0 Å². The molecule has 0 unspecified atom stereocenters. The summed E-state index contributed by atoms with van der Waals surface area (Å²) in [5.74, 6) is 0.782. The molecule has 2 rings (SSSR count). The lowest BCUT2D eigenvalue weighted by atomic mass is 10.0. The number of hydrogen-bond acceptors (Lipinski definition) is 2. The molecule has 96 valence electrons. The number of methoxy groups -OCH3 is 1. The molecule has 2 heteroatoms. The predicted octanol–water partition coefficient (Wildman–Crippen LogP) is 3.74. The maximum atomic E-state index is 11.3. The van der Waals surface area contributed by atoms with Gasteiger partial charge in [-0.05, 0) is 41.8 Å². The predicted molar refractivity (Wildman–Crippen MR) is 78.1 cm³/mol. The number of carbonyl (C=O) groups is 1. The van der Waals surface area contributed by atoms with Gasteiger partial charge in [0.25, 0.3) is 0 Å². The van der Waals surface area contributed by atoms with E-state index in [0.717, 1.165) is 28.7 Å². The summed E-state index contributed by atoms with van der Waals surface area (Å²) < 4.78 is 5.11. The fraction of sp³-hybridized carbons (Fsp3) is 0.118. The Labute approximate surface area is 113 Å². The molecule has 0 saturated heterocycles. The minimum atomic E-state index is 0.664. The highest BCUT2D eigenvalue weighted by molar-refractivity contribution is 6.13. The van der Waals surface area contributed by atoms with Crippen molar-refractivity contribution in [3.8, 4) is 5.75 Å². The van der Waals surface area contributed by atoms with Gasteiger partial charge in [-0.25, -0.2) is 0 Å². The van der Waals surface area contributed by atoms with Gasteiger partial charge in [0.15, 0.2) is 6.29 Å². The number of hydrogen-bond donors (Lipinski definition) is 0. The molecular formula is C17H16O2. The van der Waals surface area contributed by atoms with Crippen molar-refractivity contribution >= 4 is 17.9 Å². The van der Waals surface area contributed by atoms with E-state index in [2.05, 4.69) is 0 Å². The molecule has 0 aliphatic rings. The average molecular weight is 252 g/mol. The van der Waals surface area contributed by atoms with Crippen molar-refractivity contribution in [3.63, 3.8) is 0 Å². The zero-order chi connectivity index (χ0) is 13.7. The molecule has 0 aliphatic carbocycles. The SMILES string of the molecule is COc1ccc(/C(C=O)=C/c2ccccc2C)cc1. The second-order valence-corrected chi connectivity index (χ2v) is 4.30. The summed E-state index contributed by atoms with van der Waals surface area (Å²) in [4.78, 5) is 11.3. The molecule has 2 aromatic carbocycles. The van der Waals surface area contributed by atoms with Crippen LogP contribution in [0.1, 0.15) is 16.7 Å². The molecule has 0 aromatic heterocycles. The van der Waals surface area contributed by atoms with E-state index in [4.69, 9.17) is 4.74 Å². The van der Waals surface area contributed by atoms with Gasteiger partial charge in [0.1, 0.15) is 5.75 Å². The monoisotopic (exact) mass is 252 g/mol. The second kappa shape index (κ2) is 6.01. The molecule has 0 amide bonds. The number of aryl methyl sites for hydroxylation is 1. The fourth-order valence-corrected chi connectivity index (χ4v) is 1.89. The summed E-state index contributed by atoms with van der Waals surface area (Å²) in [6.45, 7) is 2.03. The lowest BCUT2D eigenvalue weighted by molar-refractivity contribution is -0.103. The van der Waals surface area contributed by atoms with Crippen molar-refractivity contribution < 1.29 is 9.53 Å². The maximum absolute atomic E-state index is 11.3. The van der Waals surface area contributed by atoms with Gasteiger partial charge in [-0.15, -0.1) is 0 Å². The normalized spacial score (nSPS) is 11.2. The van der Waals surface area contributed by atoms with Crippen molar-refractivity contribution in [3.05, 3.63) is 65.2 Å². The van der Waals surface area contributed by atoms with Gasteiger partial charge in [-0.2, -0.15) is 0 Å². The fourth-order valence-electron chi connectivity index (χ4n) is 1.89. The van der Waals surface area contributed by atoms with Crippen LogP contribution in [0.25, 0.3) is 11.6 Å². The van der Waals surface area contributed by atoms with E-state index < -0.39 is 0 Å². The Kier molecular flexibility index (Phi) is 4.14. The van der Waals surface area contributed by atoms with Crippen LogP contribution < -0.4 is 4.74 Å². The number of benzene rings is 2. The summed E-state index contributed by atoms with van der Waals surface area (Å²) >= 11 is 0. The minimum Gasteiger partial charge on any atom is -0.497 e. The Bertz CT molecular complexity index is 595. The molecule has 2 nitrogen and oxygen atoms in total. The summed E-state index contributed by atoms with van der Waals surface area (Å²) in [5.41, 5.74) is 3.76. The van der Waals surface area contributed by atoms with Gasteiger partial charge in [0.2, 0.25) is 0 Å². The molecule has 0 spiro atoms. The minimum absolute atomic E-state index is 0.664. The maximum Gasteiger partial charge on any atom is 0.150 e. The van der Waals surface area contributed by atoms with Crippen LogP contribution in [0.3, 0.4) is 0 Å². The molecule has 0 N–H and O–H groups in total. The lowest BCUT2D eigenvalue weighted by Crippen LogP contribution is -1.89. The number of ether oxygens (including phenoxy) is 1. The quantitative estimate of drug-likeness (QED) is 0.470. The van der Waals surface area contributed by atoms with Crippen LogP contribution in [0.15, 0.2) is 48.5 Å².